The number of carbonyl (C=O) groups excluding carboxylic acids is 1. The number of rotatable bonds is 4. The molecule has 9 heteroatoms. The van der Waals surface area contributed by atoms with Crippen LogP contribution in [0.15, 0.2) is 30.5 Å². The Bertz CT molecular complexity index is 1140. The van der Waals surface area contributed by atoms with Crippen LogP contribution in [-0.4, -0.2) is 46.8 Å². The normalized spacial score (nSPS) is 23.5. The molecule has 3 aliphatic rings. The molecular formula is C25H26F2N4O3. The number of fused-ring (bicyclic) bond motifs is 1. The molecule has 3 saturated heterocycles. The van der Waals surface area contributed by atoms with Crippen LogP contribution < -0.4 is 9.64 Å². The van der Waals surface area contributed by atoms with Crippen LogP contribution >= 0.6 is 0 Å². The zero-order valence-corrected chi connectivity index (χ0v) is 19.1. The molecule has 1 amide bonds. The number of hydrogen-bond acceptors (Lipinski definition) is 6. The Balaban J connectivity index is 1.32. The maximum atomic E-state index is 13.8. The number of amides is 1. The summed E-state index contributed by atoms with van der Waals surface area (Å²) >= 11 is 0. The lowest BCUT2D eigenvalue weighted by molar-refractivity contribution is -0.140. The molecule has 0 bridgehead atoms. The Morgan fingerprint density at radius 1 is 1.18 bits per heavy atom. The maximum Gasteiger partial charge on any atom is 0.257 e. The van der Waals surface area contributed by atoms with Crippen molar-refractivity contribution < 1.29 is 23.0 Å². The summed E-state index contributed by atoms with van der Waals surface area (Å²) in [5.41, 5.74) is -0.0955. The molecule has 0 aliphatic carbocycles. The van der Waals surface area contributed by atoms with Crippen molar-refractivity contribution in [3.8, 4) is 11.8 Å². The molecule has 3 fully saturated rings. The van der Waals surface area contributed by atoms with Crippen LogP contribution in [0.5, 0.6) is 5.75 Å². The molecule has 3 aliphatic heterocycles. The van der Waals surface area contributed by atoms with E-state index in [-0.39, 0.29) is 18.2 Å². The lowest BCUT2D eigenvalue weighted by atomic mass is 9.89. The Kier molecular flexibility index (Phi) is 5.64. The molecule has 2 atom stereocenters. The number of piperidine rings is 1. The van der Waals surface area contributed by atoms with E-state index in [1.807, 2.05) is 13.8 Å². The largest absolute Gasteiger partial charge is 0.489 e. The first-order chi connectivity index (χ1) is 16.3. The second kappa shape index (κ2) is 8.51. The molecular weight excluding hydrogens is 442 g/mol. The zero-order valence-electron chi connectivity index (χ0n) is 19.1. The third kappa shape index (κ3) is 3.86. The molecule has 0 N–H and O–H groups in total. The van der Waals surface area contributed by atoms with Crippen molar-refractivity contribution in [3.05, 3.63) is 53.2 Å². The van der Waals surface area contributed by atoms with Crippen molar-refractivity contribution in [1.82, 2.24) is 9.88 Å². The monoisotopic (exact) mass is 468 g/mol. The van der Waals surface area contributed by atoms with Gasteiger partial charge in [0.15, 0.2) is 5.60 Å². The van der Waals surface area contributed by atoms with E-state index >= 15 is 0 Å². The summed E-state index contributed by atoms with van der Waals surface area (Å²) < 4.78 is 39.7. The molecule has 1 aromatic carbocycles. The van der Waals surface area contributed by atoms with Gasteiger partial charge in [0, 0.05) is 38.1 Å². The smallest absolute Gasteiger partial charge is 0.257 e. The molecule has 34 heavy (non-hydrogen) atoms. The summed E-state index contributed by atoms with van der Waals surface area (Å²) in [4.78, 5) is 21.7. The van der Waals surface area contributed by atoms with Gasteiger partial charge in [0.1, 0.15) is 41.1 Å². The standard InChI is InChI=1S/C25H26F2N4O3/c1-15(2)33-21-12-22(29-14-17(21)13-28)30-7-5-25(6-8-30)24(32)31-20(3-4-23(31)34-25)16-9-18(26)11-19(27)10-16/h9-12,14-15,20,23H,3-8H2,1-2H3/t20-,23+/m0/s1. The summed E-state index contributed by atoms with van der Waals surface area (Å²) in [5, 5.41) is 9.33. The van der Waals surface area contributed by atoms with E-state index in [0.717, 1.165) is 6.07 Å². The first kappa shape index (κ1) is 22.5. The van der Waals surface area contributed by atoms with Crippen LogP contribution in [0.3, 0.4) is 0 Å². The molecule has 1 spiro atoms. The van der Waals surface area contributed by atoms with Gasteiger partial charge in [0.05, 0.1) is 18.3 Å². The van der Waals surface area contributed by atoms with Gasteiger partial charge in [-0.05, 0) is 44.4 Å². The Morgan fingerprint density at radius 2 is 1.88 bits per heavy atom. The molecule has 0 radical (unpaired) electrons. The topological polar surface area (TPSA) is 78.7 Å². The maximum absolute atomic E-state index is 13.8. The number of anilines is 1. The van der Waals surface area contributed by atoms with Crippen LogP contribution in [0.1, 0.15) is 56.7 Å². The summed E-state index contributed by atoms with van der Waals surface area (Å²) in [7, 11) is 0. The van der Waals surface area contributed by atoms with Crippen molar-refractivity contribution in [2.75, 3.05) is 18.0 Å². The Hall–Kier alpha value is -3.25. The second-order valence-electron chi connectivity index (χ2n) is 9.38. The predicted octanol–water partition coefficient (Wildman–Crippen LogP) is 4.08. The van der Waals surface area contributed by atoms with Gasteiger partial charge in [-0.1, -0.05) is 0 Å². The first-order valence-corrected chi connectivity index (χ1v) is 11.6. The van der Waals surface area contributed by atoms with Crippen LogP contribution in [0.2, 0.25) is 0 Å². The van der Waals surface area contributed by atoms with Gasteiger partial charge in [0.25, 0.3) is 5.91 Å². The predicted molar refractivity (Wildman–Crippen MR) is 119 cm³/mol. The number of benzene rings is 1. The van der Waals surface area contributed by atoms with Crippen molar-refractivity contribution in [2.24, 2.45) is 0 Å². The zero-order chi connectivity index (χ0) is 24.0. The minimum absolute atomic E-state index is 0.0792. The fraction of sp³-hybridized carbons (Fsp3) is 0.480. The summed E-state index contributed by atoms with van der Waals surface area (Å²) in [6, 6.07) is 6.90. The summed E-state index contributed by atoms with van der Waals surface area (Å²) in [6.07, 6.45) is 3.24. The summed E-state index contributed by atoms with van der Waals surface area (Å²) in [5.74, 6) is -0.235. The molecule has 2 aromatic rings. The van der Waals surface area contributed by atoms with Gasteiger partial charge in [-0.2, -0.15) is 5.26 Å². The molecule has 4 heterocycles. The highest BCUT2D eigenvalue weighted by Crippen LogP contribution is 2.48. The van der Waals surface area contributed by atoms with E-state index in [2.05, 4.69) is 16.0 Å². The molecule has 178 valence electrons. The van der Waals surface area contributed by atoms with Crippen LogP contribution in [-0.2, 0) is 9.53 Å². The lowest BCUT2D eigenvalue weighted by Crippen LogP contribution is -2.50. The number of hydrogen-bond donors (Lipinski definition) is 0. The minimum Gasteiger partial charge on any atom is -0.489 e. The van der Waals surface area contributed by atoms with E-state index in [4.69, 9.17) is 9.47 Å². The number of nitrogens with zero attached hydrogens (tertiary/aromatic N) is 4. The van der Waals surface area contributed by atoms with Gasteiger partial charge in [-0.15, -0.1) is 0 Å². The third-order valence-corrected chi connectivity index (χ3v) is 6.82. The fourth-order valence-corrected chi connectivity index (χ4v) is 5.27. The van der Waals surface area contributed by atoms with Gasteiger partial charge in [-0.25, -0.2) is 13.8 Å². The van der Waals surface area contributed by atoms with E-state index < -0.39 is 23.3 Å². The highest BCUT2D eigenvalue weighted by atomic mass is 19.1. The van der Waals surface area contributed by atoms with Crippen molar-refractivity contribution >= 4 is 11.7 Å². The second-order valence-corrected chi connectivity index (χ2v) is 9.38. The average Bonchev–Trinajstić information content (AvgIpc) is 3.31. The quantitative estimate of drug-likeness (QED) is 0.673. The van der Waals surface area contributed by atoms with Crippen molar-refractivity contribution in [2.45, 2.75) is 63.5 Å². The minimum atomic E-state index is -0.935. The number of pyridine rings is 1. The average molecular weight is 469 g/mol. The van der Waals surface area contributed by atoms with Gasteiger partial charge in [0.2, 0.25) is 0 Å². The summed E-state index contributed by atoms with van der Waals surface area (Å²) in [6.45, 7) is 4.89. The Labute approximate surface area is 196 Å². The third-order valence-electron chi connectivity index (χ3n) is 6.82. The SMILES string of the molecule is CC(C)Oc1cc(N2CCC3(CC2)O[C@@H]2CC[C@@H](c4cc(F)cc(F)c4)N2C3=O)ncc1C#N. The number of nitriles is 1. The Morgan fingerprint density at radius 3 is 2.53 bits per heavy atom. The van der Waals surface area contributed by atoms with Gasteiger partial charge >= 0.3 is 0 Å². The van der Waals surface area contributed by atoms with Crippen LogP contribution in [0, 0.1) is 23.0 Å². The van der Waals surface area contributed by atoms with E-state index in [1.165, 1.54) is 18.3 Å². The van der Waals surface area contributed by atoms with Crippen LogP contribution in [0.25, 0.3) is 0 Å². The number of aromatic nitrogens is 1. The highest BCUT2D eigenvalue weighted by molar-refractivity contribution is 5.88. The number of carbonyl (C=O) groups is 1. The molecule has 1 aromatic heterocycles. The lowest BCUT2D eigenvalue weighted by Gasteiger charge is -2.38. The van der Waals surface area contributed by atoms with Gasteiger partial charge < -0.3 is 19.3 Å². The number of ether oxygens (including phenoxy) is 2. The highest BCUT2D eigenvalue weighted by Gasteiger charge is 2.58. The number of halogens is 2. The molecule has 0 unspecified atom stereocenters. The van der Waals surface area contributed by atoms with Crippen LogP contribution in [0.4, 0.5) is 14.6 Å². The van der Waals surface area contributed by atoms with E-state index in [1.54, 1.807) is 11.0 Å². The first-order valence-electron chi connectivity index (χ1n) is 11.6. The van der Waals surface area contributed by atoms with Gasteiger partial charge in [-0.3, -0.25) is 4.79 Å². The van der Waals surface area contributed by atoms with Crippen molar-refractivity contribution in [3.63, 3.8) is 0 Å². The van der Waals surface area contributed by atoms with E-state index in [9.17, 15) is 18.8 Å². The molecule has 7 nitrogen and oxygen atoms in total. The molecule has 0 saturated carbocycles. The fourth-order valence-electron chi connectivity index (χ4n) is 5.27. The molecule has 5 rings (SSSR count). The van der Waals surface area contributed by atoms with Crippen molar-refractivity contribution in [1.29, 1.82) is 5.26 Å². The van der Waals surface area contributed by atoms with E-state index in [0.29, 0.717) is 61.5 Å².